The van der Waals surface area contributed by atoms with Crippen LogP contribution in [0.2, 0.25) is 41.1 Å². The van der Waals surface area contributed by atoms with E-state index in [-0.39, 0.29) is 39.7 Å². The van der Waals surface area contributed by atoms with Crippen LogP contribution in [0, 0.1) is 28.6 Å². The van der Waals surface area contributed by atoms with Crippen LogP contribution >= 0.6 is 0 Å². The van der Waals surface area contributed by atoms with Crippen molar-refractivity contribution in [1.29, 1.82) is 0 Å². The molecule has 9 atom stereocenters. The molecular formula is C38H60O6SeSi2. The minimum absolute atomic E-state index is 0.0595. The summed E-state index contributed by atoms with van der Waals surface area (Å²) in [4.78, 5) is 15.0. The van der Waals surface area contributed by atoms with E-state index in [1.54, 1.807) is 6.08 Å². The van der Waals surface area contributed by atoms with E-state index in [0.29, 0.717) is 17.6 Å². The third-order valence-electron chi connectivity index (χ3n) is 13.7. The van der Waals surface area contributed by atoms with Crippen molar-refractivity contribution in [2.45, 2.75) is 134 Å². The quantitative estimate of drug-likeness (QED) is 0.224. The van der Waals surface area contributed by atoms with E-state index in [0.717, 1.165) is 4.46 Å². The zero-order valence-electron chi connectivity index (χ0n) is 31.3. The van der Waals surface area contributed by atoms with Gasteiger partial charge in [0.1, 0.15) is 0 Å². The Balaban J connectivity index is 1.81. The van der Waals surface area contributed by atoms with Crippen LogP contribution in [0.1, 0.15) is 75.7 Å². The van der Waals surface area contributed by atoms with Gasteiger partial charge in [-0.05, 0) is 0 Å². The van der Waals surface area contributed by atoms with Gasteiger partial charge in [0, 0.05) is 0 Å². The molecule has 0 heterocycles. The molecule has 47 heavy (non-hydrogen) atoms. The number of benzene rings is 1. The van der Waals surface area contributed by atoms with Crippen LogP contribution in [0.25, 0.3) is 0 Å². The maximum atomic E-state index is 15.7. The first-order valence-electron chi connectivity index (χ1n) is 17.4. The second kappa shape index (κ2) is 11.2. The molecule has 0 amide bonds. The first-order valence-corrected chi connectivity index (χ1v) is 25.8. The summed E-state index contributed by atoms with van der Waals surface area (Å²) in [7, 11) is -4.66. The van der Waals surface area contributed by atoms with Gasteiger partial charge in [-0.25, -0.2) is 0 Å². The molecule has 1 aromatic carbocycles. The molecule has 1 aromatic rings. The molecule has 5 rings (SSSR count). The van der Waals surface area contributed by atoms with Crippen molar-refractivity contribution in [2.24, 2.45) is 28.6 Å². The van der Waals surface area contributed by atoms with E-state index < -0.39 is 63.9 Å². The summed E-state index contributed by atoms with van der Waals surface area (Å²) in [6, 6.07) is 9.52. The zero-order chi connectivity index (χ0) is 35.6. The molecule has 9 heteroatoms. The van der Waals surface area contributed by atoms with Gasteiger partial charge in [-0.15, -0.1) is 0 Å². The number of ketones is 1. The number of carbonyl (C=O) groups excluding carboxylic acids is 1. The molecule has 4 aliphatic carbocycles. The van der Waals surface area contributed by atoms with E-state index in [2.05, 4.69) is 88.5 Å². The second-order valence-electron chi connectivity index (χ2n) is 18.7. The van der Waals surface area contributed by atoms with Crippen molar-refractivity contribution in [3.63, 3.8) is 0 Å². The Morgan fingerprint density at radius 1 is 0.957 bits per heavy atom. The first kappa shape index (κ1) is 37.2. The van der Waals surface area contributed by atoms with E-state index in [1.165, 1.54) is 0 Å². The van der Waals surface area contributed by atoms with Gasteiger partial charge in [-0.2, -0.15) is 0 Å². The maximum absolute atomic E-state index is 15.7. The topological polar surface area (TPSA) is 93.1 Å². The third kappa shape index (κ3) is 5.23. The summed E-state index contributed by atoms with van der Waals surface area (Å²) in [6.45, 7) is 30.6. The summed E-state index contributed by atoms with van der Waals surface area (Å²) in [5.41, 5.74) is -3.01. The predicted molar refractivity (Wildman–Crippen MR) is 195 cm³/mol. The van der Waals surface area contributed by atoms with E-state index in [4.69, 9.17) is 8.85 Å². The Morgan fingerprint density at radius 2 is 1.51 bits per heavy atom. The van der Waals surface area contributed by atoms with Crippen molar-refractivity contribution in [1.82, 2.24) is 0 Å². The van der Waals surface area contributed by atoms with Gasteiger partial charge < -0.3 is 0 Å². The summed E-state index contributed by atoms with van der Waals surface area (Å²) < 4.78 is 30.3. The van der Waals surface area contributed by atoms with Crippen LogP contribution in [-0.4, -0.2) is 70.4 Å². The molecule has 6 nitrogen and oxygen atoms in total. The Morgan fingerprint density at radius 3 is 2.04 bits per heavy atom. The number of hydrogen-bond donors (Lipinski definition) is 2. The number of hydrogen-bond acceptors (Lipinski definition) is 6. The number of aliphatic hydroxyl groups excluding tert-OH is 1. The Labute approximate surface area is 290 Å². The van der Waals surface area contributed by atoms with E-state index in [9.17, 15) is 10.2 Å². The van der Waals surface area contributed by atoms with Gasteiger partial charge in [-0.1, -0.05) is 0 Å². The van der Waals surface area contributed by atoms with Crippen LogP contribution in [0.5, 0.6) is 0 Å². The fourth-order valence-electron chi connectivity index (χ4n) is 8.73. The summed E-state index contributed by atoms with van der Waals surface area (Å²) in [5, 5.41) is 24.6. The summed E-state index contributed by atoms with van der Waals surface area (Å²) in [5.74, 6) is -1.34. The molecule has 262 valence electrons. The molecule has 4 aliphatic rings. The molecule has 1 spiro atoms. The Kier molecular flexibility index (Phi) is 8.90. The number of fused-ring (bicyclic) bond motifs is 3. The molecule has 0 aromatic heterocycles. The number of aliphatic hydroxyl groups is 2. The normalized spacial score (nSPS) is 37.6. The molecule has 0 saturated heterocycles. The molecular weight excluding hydrogens is 688 g/mol. The van der Waals surface area contributed by atoms with Crippen molar-refractivity contribution in [3.8, 4) is 0 Å². The molecule has 2 saturated carbocycles. The average Bonchev–Trinajstić information content (AvgIpc) is 3.36. The summed E-state index contributed by atoms with van der Waals surface area (Å²) >= 11 is -2.98. The van der Waals surface area contributed by atoms with Crippen molar-refractivity contribution in [3.05, 3.63) is 53.6 Å². The molecule has 2 unspecified atom stereocenters. The van der Waals surface area contributed by atoms with Gasteiger partial charge in [0.15, 0.2) is 0 Å². The third-order valence-corrected chi connectivity index (χ3v) is 26.4. The Bertz CT molecular complexity index is 1520. The van der Waals surface area contributed by atoms with Crippen molar-refractivity contribution >= 4 is 40.7 Å². The van der Waals surface area contributed by atoms with Crippen LogP contribution in [0.3, 0.4) is 0 Å². The second-order valence-corrected chi connectivity index (χ2v) is 31.6. The minimum atomic E-state index is -2.98. The van der Waals surface area contributed by atoms with Crippen LogP contribution < -0.4 is 4.46 Å². The van der Waals surface area contributed by atoms with Crippen molar-refractivity contribution < 1.29 is 27.7 Å². The van der Waals surface area contributed by atoms with Gasteiger partial charge in [0.25, 0.3) is 0 Å². The van der Waals surface area contributed by atoms with Gasteiger partial charge in [0.2, 0.25) is 0 Å². The SMILES string of the molecule is CC1=C[C@]23C(=O)[C@@H](C([Se](=O)c4ccccc4)C(CO[Si](C)(C)C(C)(C)C)=C[C@]2(O)[C@H]1O)[C@@H]1C(C)(C)[C@]1(O[Si](C)(C)C(C)(C)C)C[C@H]3C. The van der Waals surface area contributed by atoms with Crippen molar-refractivity contribution in [2.75, 3.05) is 6.61 Å². The fourth-order valence-corrected chi connectivity index (χ4v) is 14.9. The fraction of sp³-hybridized carbons (Fsp3) is 0.711. The molecule has 2 N–H and O–H groups in total. The van der Waals surface area contributed by atoms with Crippen LogP contribution in [-0.2, 0) is 17.5 Å². The summed E-state index contributed by atoms with van der Waals surface area (Å²) in [6.07, 6.45) is 2.91. The predicted octanol–water partition coefficient (Wildman–Crippen LogP) is 7.33. The van der Waals surface area contributed by atoms with E-state index in [1.807, 2.05) is 43.3 Å². The average molecular weight is 748 g/mol. The standard InChI is InChI=1S/C38H60O6SeSi2/c1-24-20-36-25(2)21-38(44-47(13,14)34(6,7)8)30(35(38,9)10)28(32(36)40)29(45(42)27-18-16-15-17-19-27)26(22-37(36,41)31(24)39)23-43-46(11,12)33(3,4)5/h15-20,22,25,28-31,39,41H,21,23H2,1-14H3/t25-,28+,29?,30-,31+,36+,37+,38+,45?/m1/s1. The molecule has 0 aliphatic heterocycles. The molecule has 2 fully saturated rings. The number of carbonyl (C=O) groups is 1. The first-order chi connectivity index (χ1) is 21.2. The van der Waals surface area contributed by atoms with Gasteiger partial charge in [-0.3, -0.25) is 0 Å². The zero-order valence-corrected chi connectivity index (χ0v) is 35.0. The monoisotopic (exact) mass is 748 g/mol. The van der Waals surface area contributed by atoms with Crippen LogP contribution in [0.4, 0.5) is 0 Å². The van der Waals surface area contributed by atoms with Crippen LogP contribution in [0.15, 0.2) is 53.6 Å². The van der Waals surface area contributed by atoms with Gasteiger partial charge in [0.05, 0.1) is 0 Å². The number of Topliss-reactive ketones (excluding diaryl/α,β-unsaturated/α-hetero) is 1. The molecule has 2 bridgehead atoms. The van der Waals surface area contributed by atoms with Gasteiger partial charge >= 0.3 is 291 Å². The molecule has 0 radical (unpaired) electrons. The van der Waals surface area contributed by atoms with E-state index >= 15 is 8.63 Å². The number of rotatable bonds is 7. The Hall–Kier alpha value is -1.04.